The van der Waals surface area contributed by atoms with Gasteiger partial charge in [0.05, 0.1) is 5.92 Å². The Labute approximate surface area is 192 Å². The molecular formula is C23H26F2N2O5S. The number of ether oxygens (including phenoxy) is 1. The molecule has 0 aromatic heterocycles. The minimum Gasteiger partial charge on any atom is -0.452 e. The minimum absolute atomic E-state index is 0.0399. The Bertz CT molecular complexity index is 1120. The molecular weight excluding hydrogens is 454 g/mol. The Morgan fingerprint density at radius 1 is 1.12 bits per heavy atom. The van der Waals surface area contributed by atoms with Crippen molar-refractivity contribution in [1.82, 2.24) is 9.21 Å². The molecule has 0 radical (unpaired) electrons. The van der Waals surface area contributed by atoms with Gasteiger partial charge < -0.3 is 9.64 Å². The zero-order valence-electron chi connectivity index (χ0n) is 18.4. The van der Waals surface area contributed by atoms with Crippen molar-refractivity contribution in [3.63, 3.8) is 0 Å². The molecule has 10 heteroatoms. The molecule has 3 rings (SSSR count). The molecule has 0 unspecified atom stereocenters. The van der Waals surface area contributed by atoms with Gasteiger partial charge in [-0.2, -0.15) is 4.31 Å². The molecule has 1 amide bonds. The first kappa shape index (κ1) is 24.8. The van der Waals surface area contributed by atoms with E-state index in [-0.39, 0.29) is 32.5 Å². The number of piperidine rings is 1. The lowest BCUT2D eigenvalue weighted by Gasteiger charge is -2.31. The van der Waals surface area contributed by atoms with Crippen molar-refractivity contribution in [2.24, 2.45) is 5.92 Å². The van der Waals surface area contributed by atoms with E-state index in [1.165, 1.54) is 49.2 Å². The summed E-state index contributed by atoms with van der Waals surface area (Å²) in [5, 5.41) is 0. The molecule has 0 spiro atoms. The zero-order chi connectivity index (χ0) is 24.2. The number of sulfonamides is 1. The molecule has 1 fully saturated rings. The number of carbonyl (C=O) groups excluding carboxylic acids is 2. The maximum Gasteiger partial charge on any atom is 0.309 e. The highest BCUT2D eigenvalue weighted by atomic mass is 32.2. The van der Waals surface area contributed by atoms with E-state index in [9.17, 15) is 26.8 Å². The number of halogens is 2. The van der Waals surface area contributed by atoms with Crippen molar-refractivity contribution in [3.05, 3.63) is 65.7 Å². The fourth-order valence-electron chi connectivity index (χ4n) is 3.74. The first-order valence-electron chi connectivity index (χ1n) is 10.5. The summed E-state index contributed by atoms with van der Waals surface area (Å²) in [6.07, 6.45) is -0.643. The van der Waals surface area contributed by atoms with Crippen LogP contribution in [0.2, 0.25) is 0 Å². The molecule has 1 aliphatic rings. The van der Waals surface area contributed by atoms with E-state index in [4.69, 9.17) is 4.74 Å². The Hall–Kier alpha value is -2.85. The normalized spacial score (nSPS) is 16.2. The SMILES string of the molecule is C[C@H](OC(=O)C1CCN(S(=O)(=O)c2ccccc2F)CC1)C(=O)N(C)Cc1cccc(F)c1. The Morgan fingerprint density at radius 3 is 2.42 bits per heavy atom. The van der Waals surface area contributed by atoms with E-state index in [1.54, 1.807) is 12.1 Å². The summed E-state index contributed by atoms with van der Waals surface area (Å²) in [7, 11) is -2.47. The number of hydrogen-bond donors (Lipinski definition) is 0. The van der Waals surface area contributed by atoms with E-state index in [0.29, 0.717) is 5.56 Å². The van der Waals surface area contributed by atoms with Crippen LogP contribution in [-0.4, -0.2) is 55.7 Å². The van der Waals surface area contributed by atoms with Crippen molar-refractivity contribution in [2.75, 3.05) is 20.1 Å². The number of likely N-dealkylation sites (N-methyl/N-ethyl adjacent to an activating group) is 1. The summed E-state index contributed by atoms with van der Waals surface area (Å²) < 4.78 is 59.2. The molecule has 0 N–H and O–H groups in total. The van der Waals surface area contributed by atoms with E-state index in [2.05, 4.69) is 0 Å². The molecule has 0 bridgehead atoms. The molecule has 178 valence electrons. The Balaban J connectivity index is 1.53. The van der Waals surface area contributed by atoms with Gasteiger partial charge in [-0.25, -0.2) is 17.2 Å². The second-order valence-electron chi connectivity index (χ2n) is 8.01. The van der Waals surface area contributed by atoms with E-state index < -0.39 is 50.5 Å². The maximum atomic E-state index is 14.0. The number of nitrogens with zero attached hydrogens (tertiary/aromatic N) is 2. The van der Waals surface area contributed by atoms with Gasteiger partial charge in [0, 0.05) is 26.7 Å². The van der Waals surface area contributed by atoms with Crippen LogP contribution in [0, 0.1) is 17.6 Å². The van der Waals surface area contributed by atoms with Gasteiger partial charge in [-0.05, 0) is 49.6 Å². The van der Waals surface area contributed by atoms with Crippen LogP contribution < -0.4 is 0 Å². The molecule has 1 atom stereocenters. The monoisotopic (exact) mass is 480 g/mol. The van der Waals surface area contributed by atoms with Crippen molar-refractivity contribution in [2.45, 2.75) is 37.3 Å². The average Bonchev–Trinajstić information content (AvgIpc) is 2.78. The highest BCUT2D eigenvalue weighted by Gasteiger charge is 2.35. The zero-order valence-corrected chi connectivity index (χ0v) is 19.2. The molecule has 0 saturated carbocycles. The molecule has 1 saturated heterocycles. The average molecular weight is 481 g/mol. The lowest BCUT2D eigenvalue weighted by atomic mass is 9.98. The van der Waals surface area contributed by atoms with Crippen LogP contribution in [0.3, 0.4) is 0 Å². The van der Waals surface area contributed by atoms with Gasteiger partial charge >= 0.3 is 5.97 Å². The van der Waals surface area contributed by atoms with Crippen LogP contribution in [0.15, 0.2) is 53.4 Å². The van der Waals surface area contributed by atoms with Crippen molar-refractivity contribution < 1.29 is 31.5 Å². The third kappa shape index (κ3) is 5.94. The van der Waals surface area contributed by atoms with E-state index >= 15 is 0 Å². The predicted molar refractivity (Wildman–Crippen MR) is 116 cm³/mol. The van der Waals surface area contributed by atoms with E-state index in [1.807, 2.05) is 0 Å². The van der Waals surface area contributed by atoms with Gasteiger partial charge in [-0.3, -0.25) is 9.59 Å². The molecule has 2 aromatic carbocycles. The van der Waals surface area contributed by atoms with Crippen molar-refractivity contribution >= 4 is 21.9 Å². The highest BCUT2D eigenvalue weighted by Crippen LogP contribution is 2.26. The third-order valence-electron chi connectivity index (χ3n) is 5.57. The fourth-order valence-corrected chi connectivity index (χ4v) is 5.28. The van der Waals surface area contributed by atoms with Gasteiger partial charge in [0.1, 0.15) is 16.5 Å². The summed E-state index contributed by atoms with van der Waals surface area (Å²) >= 11 is 0. The van der Waals surface area contributed by atoms with Crippen molar-refractivity contribution in [1.29, 1.82) is 0 Å². The van der Waals surface area contributed by atoms with Gasteiger partial charge in [0.2, 0.25) is 10.0 Å². The smallest absolute Gasteiger partial charge is 0.309 e. The minimum atomic E-state index is -4.00. The number of hydrogen-bond acceptors (Lipinski definition) is 5. The number of carbonyl (C=O) groups is 2. The molecule has 1 heterocycles. The molecule has 2 aromatic rings. The molecule has 33 heavy (non-hydrogen) atoms. The second-order valence-corrected chi connectivity index (χ2v) is 9.92. The largest absolute Gasteiger partial charge is 0.452 e. The lowest BCUT2D eigenvalue weighted by Crippen LogP contribution is -2.42. The standard InChI is InChI=1S/C23H26F2N2O5S/c1-16(22(28)26(2)15-17-6-5-7-19(24)14-17)32-23(29)18-10-12-27(13-11-18)33(30,31)21-9-4-3-8-20(21)25/h3-9,14,16,18H,10-13,15H2,1-2H3/t16-/m0/s1. The molecule has 1 aliphatic heterocycles. The molecule has 7 nitrogen and oxygen atoms in total. The second kappa shape index (κ2) is 10.4. The Kier molecular flexibility index (Phi) is 7.80. The van der Waals surface area contributed by atoms with Gasteiger partial charge in [-0.1, -0.05) is 24.3 Å². The van der Waals surface area contributed by atoms with E-state index in [0.717, 1.165) is 10.4 Å². The first-order chi connectivity index (χ1) is 15.6. The number of esters is 1. The number of amides is 1. The third-order valence-corrected chi connectivity index (χ3v) is 7.50. The Morgan fingerprint density at radius 2 is 1.79 bits per heavy atom. The number of rotatable bonds is 7. The summed E-state index contributed by atoms with van der Waals surface area (Å²) in [6, 6.07) is 11.0. The maximum absolute atomic E-state index is 14.0. The molecule has 0 aliphatic carbocycles. The first-order valence-corrected chi connectivity index (χ1v) is 12.0. The topological polar surface area (TPSA) is 84.0 Å². The summed E-state index contributed by atoms with van der Waals surface area (Å²) in [4.78, 5) is 26.1. The van der Waals surface area contributed by atoms with Gasteiger partial charge in [0.25, 0.3) is 5.91 Å². The van der Waals surface area contributed by atoms with Crippen molar-refractivity contribution in [3.8, 4) is 0 Å². The van der Waals surface area contributed by atoms with Gasteiger partial charge in [0.15, 0.2) is 6.10 Å². The van der Waals surface area contributed by atoms with Crippen LogP contribution in [0.1, 0.15) is 25.3 Å². The van der Waals surface area contributed by atoms with Crippen LogP contribution >= 0.6 is 0 Å². The van der Waals surface area contributed by atoms with Crippen LogP contribution in [0.4, 0.5) is 8.78 Å². The summed E-state index contributed by atoms with van der Waals surface area (Å²) in [5.74, 6) is -2.82. The lowest BCUT2D eigenvalue weighted by molar-refractivity contribution is -0.163. The fraction of sp³-hybridized carbons (Fsp3) is 0.391. The number of benzene rings is 2. The predicted octanol–water partition coefficient (Wildman–Crippen LogP) is 2.96. The van der Waals surface area contributed by atoms with Crippen LogP contribution in [0.5, 0.6) is 0 Å². The van der Waals surface area contributed by atoms with Gasteiger partial charge in [-0.15, -0.1) is 0 Å². The summed E-state index contributed by atoms with van der Waals surface area (Å²) in [6.45, 7) is 1.70. The van der Waals surface area contributed by atoms with Crippen LogP contribution in [-0.2, 0) is 30.9 Å². The van der Waals surface area contributed by atoms with Crippen LogP contribution in [0.25, 0.3) is 0 Å². The quantitative estimate of drug-likeness (QED) is 0.569. The highest BCUT2D eigenvalue weighted by molar-refractivity contribution is 7.89. The summed E-state index contributed by atoms with van der Waals surface area (Å²) in [5.41, 5.74) is 0.604.